The Labute approximate surface area is 134 Å². The molecule has 1 aliphatic rings. The molecule has 1 atom stereocenters. The number of ether oxygens (including phenoxy) is 1. The summed E-state index contributed by atoms with van der Waals surface area (Å²) in [5, 5.41) is 4.28. The van der Waals surface area contributed by atoms with Crippen molar-refractivity contribution in [2.24, 2.45) is 0 Å². The van der Waals surface area contributed by atoms with Crippen molar-refractivity contribution in [1.82, 2.24) is 5.32 Å². The van der Waals surface area contributed by atoms with Gasteiger partial charge in [-0.1, -0.05) is 37.4 Å². The zero-order valence-corrected chi connectivity index (χ0v) is 14.1. The van der Waals surface area contributed by atoms with E-state index in [2.05, 4.69) is 31.3 Å². The van der Waals surface area contributed by atoms with E-state index in [0.29, 0.717) is 6.10 Å². The molecule has 0 aromatic heterocycles. The van der Waals surface area contributed by atoms with Crippen LogP contribution in [0.1, 0.15) is 70.4 Å². The van der Waals surface area contributed by atoms with Crippen LogP contribution in [0.5, 0.6) is 5.75 Å². The molecule has 0 radical (unpaired) electrons. The third-order valence-electron chi connectivity index (χ3n) is 4.24. The fourth-order valence-electron chi connectivity index (χ4n) is 2.96. The lowest BCUT2D eigenvalue weighted by Crippen LogP contribution is -2.19. The van der Waals surface area contributed by atoms with Crippen LogP contribution in [-0.4, -0.2) is 12.6 Å². The van der Waals surface area contributed by atoms with Gasteiger partial charge < -0.3 is 10.1 Å². The molecule has 0 saturated heterocycles. The lowest BCUT2D eigenvalue weighted by Gasteiger charge is -2.19. The molecule has 2 nitrogen and oxygen atoms in total. The first kappa shape index (κ1) is 16.6. The third kappa shape index (κ3) is 5.19. The second-order valence-electron chi connectivity index (χ2n) is 6.09. The summed E-state index contributed by atoms with van der Waals surface area (Å²) in [4.78, 5) is 0. The third-order valence-corrected chi connectivity index (χ3v) is 4.57. The molecular formula is C18H28ClNO. The maximum atomic E-state index is 6.43. The van der Waals surface area contributed by atoms with Gasteiger partial charge in [0.25, 0.3) is 0 Å². The summed E-state index contributed by atoms with van der Waals surface area (Å²) in [6.45, 7) is 5.34. The first-order valence-corrected chi connectivity index (χ1v) is 8.78. The van der Waals surface area contributed by atoms with E-state index in [4.69, 9.17) is 16.3 Å². The molecule has 0 bridgehead atoms. The minimum absolute atomic E-state index is 0.282. The standard InChI is InChI=1S/C18H28ClNO/c1-3-12-20-14(2)17-11-10-16(13-18(17)19)21-15-8-6-4-5-7-9-15/h10-11,13-15,20H,3-9,12H2,1-2H3. The summed E-state index contributed by atoms with van der Waals surface area (Å²) in [6.07, 6.45) is 9.11. The van der Waals surface area contributed by atoms with Gasteiger partial charge in [-0.2, -0.15) is 0 Å². The summed E-state index contributed by atoms with van der Waals surface area (Å²) < 4.78 is 6.13. The fourth-order valence-corrected chi connectivity index (χ4v) is 3.29. The number of nitrogens with one attached hydrogen (secondary N) is 1. The van der Waals surface area contributed by atoms with Crippen molar-refractivity contribution in [1.29, 1.82) is 0 Å². The monoisotopic (exact) mass is 309 g/mol. The van der Waals surface area contributed by atoms with E-state index in [1.54, 1.807) is 0 Å². The van der Waals surface area contributed by atoms with Crippen molar-refractivity contribution < 1.29 is 4.74 Å². The summed E-state index contributed by atoms with van der Waals surface area (Å²) in [5.74, 6) is 0.915. The van der Waals surface area contributed by atoms with E-state index in [0.717, 1.165) is 29.3 Å². The maximum Gasteiger partial charge on any atom is 0.121 e. The Morgan fingerprint density at radius 3 is 2.57 bits per heavy atom. The first-order valence-electron chi connectivity index (χ1n) is 8.40. The number of rotatable bonds is 6. The van der Waals surface area contributed by atoms with Crippen LogP contribution in [0.15, 0.2) is 18.2 Å². The van der Waals surface area contributed by atoms with Crippen molar-refractivity contribution >= 4 is 11.6 Å². The summed E-state index contributed by atoms with van der Waals surface area (Å²) in [5.41, 5.74) is 1.15. The molecule has 3 heteroatoms. The molecule has 1 unspecified atom stereocenters. The predicted octanol–water partition coefficient (Wildman–Crippen LogP) is 5.50. The smallest absolute Gasteiger partial charge is 0.121 e. The summed E-state index contributed by atoms with van der Waals surface area (Å²) in [7, 11) is 0. The van der Waals surface area contributed by atoms with Gasteiger partial charge in [0.1, 0.15) is 5.75 Å². The van der Waals surface area contributed by atoms with Gasteiger partial charge in [-0.15, -0.1) is 0 Å². The molecule has 2 rings (SSSR count). The van der Waals surface area contributed by atoms with Gasteiger partial charge in [-0.25, -0.2) is 0 Å². The topological polar surface area (TPSA) is 21.3 Å². The second-order valence-corrected chi connectivity index (χ2v) is 6.50. The van der Waals surface area contributed by atoms with E-state index in [-0.39, 0.29) is 6.04 Å². The van der Waals surface area contributed by atoms with Crippen LogP contribution in [0.3, 0.4) is 0 Å². The van der Waals surface area contributed by atoms with Crippen LogP contribution in [-0.2, 0) is 0 Å². The average molecular weight is 310 g/mol. The largest absolute Gasteiger partial charge is 0.490 e. The average Bonchev–Trinajstić information content (AvgIpc) is 2.73. The number of halogens is 1. The van der Waals surface area contributed by atoms with Crippen LogP contribution < -0.4 is 10.1 Å². The van der Waals surface area contributed by atoms with Gasteiger partial charge >= 0.3 is 0 Å². The quantitative estimate of drug-likeness (QED) is 0.700. The molecule has 118 valence electrons. The van der Waals surface area contributed by atoms with Gasteiger partial charge in [0.2, 0.25) is 0 Å². The van der Waals surface area contributed by atoms with E-state index in [1.165, 1.54) is 38.5 Å². The molecule has 1 saturated carbocycles. The maximum absolute atomic E-state index is 6.43. The van der Waals surface area contributed by atoms with Crippen molar-refractivity contribution in [3.63, 3.8) is 0 Å². The molecule has 21 heavy (non-hydrogen) atoms. The molecule has 0 spiro atoms. The van der Waals surface area contributed by atoms with Crippen LogP contribution in [0.4, 0.5) is 0 Å². The summed E-state index contributed by atoms with van der Waals surface area (Å²) >= 11 is 6.43. The van der Waals surface area contributed by atoms with E-state index < -0.39 is 0 Å². The van der Waals surface area contributed by atoms with Gasteiger partial charge in [0, 0.05) is 11.1 Å². The number of hydrogen-bond acceptors (Lipinski definition) is 2. The van der Waals surface area contributed by atoms with Crippen LogP contribution in [0.2, 0.25) is 5.02 Å². The highest BCUT2D eigenvalue weighted by Gasteiger charge is 2.15. The molecule has 1 aromatic rings. The lowest BCUT2D eigenvalue weighted by molar-refractivity contribution is 0.183. The molecule has 0 amide bonds. The van der Waals surface area contributed by atoms with Crippen molar-refractivity contribution in [3.05, 3.63) is 28.8 Å². The van der Waals surface area contributed by atoms with E-state index in [1.807, 2.05) is 6.07 Å². The highest BCUT2D eigenvalue weighted by Crippen LogP contribution is 2.29. The van der Waals surface area contributed by atoms with Gasteiger partial charge in [-0.05, 0) is 63.3 Å². The van der Waals surface area contributed by atoms with Gasteiger partial charge in [0.15, 0.2) is 0 Å². The molecule has 1 N–H and O–H groups in total. The lowest BCUT2D eigenvalue weighted by atomic mass is 10.1. The molecule has 1 fully saturated rings. The Hall–Kier alpha value is -0.730. The van der Waals surface area contributed by atoms with Crippen molar-refractivity contribution in [3.8, 4) is 5.75 Å². The van der Waals surface area contributed by atoms with Crippen LogP contribution >= 0.6 is 11.6 Å². The Bertz CT molecular complexity index is 427. The molecular weight excluding hydrogens is 282 g/mol. The highest BCUT2D eigenvalue weighted by molar-refractivity contribution is 6.31. The fraction of sp³-hybridized carbons (Fsp3) is 0.667. The Kier molecular flexibility index (Phi) is 6.85. The zero-order chi connectivity index (χ0) is 15.1. The van der Waals surface area contributed by atoms with E-state index >= 15 is 0 Å². The zero-order valence-electron chi connectivity index (χ0n) is 13.3. The number of hydrogen-bond donors (Lipinski definition) is 1. The molecule has 1 aliphatic carbocycles. The Balaban J connectivity index is 1.97. The minimum Gasteiger partial charge on any atom is -0.490 e. The Morgan fingerprint density at radius 2 is 1.95 bits per heavy atom. The number of benzene rings is 1. The second kappa shape index (κ2) is 8.65. The van der Waals surface area contributed by atoms with Gasteiger partial charge in [-0.3, -0.25) is 0 Å². The van der Waals surface area contributed by atoms with Crippen LogP contribution in [0.25, 0.3) is 0 Å². The SMILES string of the molecule is CCCNC(C)c1ccc(OC2CCCCCC2)cc1Cl. The molecule has 0 aliphatic heterocycles. The first-order chi connectivity index (χ1) is 10.2. The van der Waals surface area contributed by atoms with Gasteiger partial charge in [0.05, 0.1) is 6.10 Å². The molecule has 1 aromatic carbocycles. The Morgan fingerprint density at radius 1 is 1.24 bits per heavy atom. The van der Waals surface area contributed by atoms with Crippen LogP contribution in [0, 0.1) is 0 Å². The van der Waals surface area contributed by atoms with E-state index in [9.17, 15) is 0 Å². The summed E-state index contributed by atoms with van der Waals surface area (Å²) in [6, 6.07) is 6.42. The molecule has 0 heterocycles. The van der Waals surface area contributed by atoms with Crippen molar-refractivity contribution in [2.45, 2.75) is 70.9 Å². The normalized spacial score (nSPS) is 18.2. The van der Waals surface area contributed by atoms with Crippen molar-refractivity contribution in [2.75, 3.05) is 6.54 Å². The highest BCUT2D eigenvalue weighted by atomic mass is 35.5. The predicted molar refractivity (Wildman–Crippen MR) is 90.3 cm³/mol. The minimum atomic E-state index is 0.282.